The van der Waals surface area contributed by atoms with Crippen LogP contribution in [0.2, 0.25) is 0 Å². The molecule has 2 nitrogen and oxygen atoms in total. The largest absolute Gasteiger partial charge is 0.488 e. The highest BCUT2D eigenvalue weighted by atomic mass is 79.9. The molecule has 1 aliphatic rings. The Bertz CT molecular complexity index is 386. The van der Waals surface area contributed by atoms with Crippen LogP contribution in [0.1, 0.15) is 24.8 Å². The van der Waals surface area contributed by atoms with Crippen LogP contribution in [0.3, 0.4) is 0 Å². The Morgan fingerprint density at radius 2 is 2.22 bits per heavy atom. The number of hydrogen-bond donors (Lipinski definition) is 1. The molecule has 0 aromatic heterocycles. The van der Waals surface area contributed by atoms with Crippen molar-refractivity contribution < 1.29 is 9.13 Å². The molecule has 100 valence electrons. The summed E-state index contributed by atoms with van der Waals surface area (Å²) in [7, 11) is 0. The smallest absolute Gasteiger partial charge is 0.123 e. The van der Waals surface area contributed by atoms with Crippen molar-refractivity contribution in [1.82, 2.24) is 5.32 Å². The maximum atomic E-state index is 13.0. The quantitative estimate of drug-likeness (QED) is 0.616. The van der Waals surface area contributed by atoms with Crippen molar-refractivity contribution in [2.75, 3.05) is 18.4 Å². The van der Waals surface area contributed by atoms with E-state index in [0.29, 0.717) is 0 Å². The van der Waals surface area contributed by atoms with Crippen molar-refractivity contribution in [3.8, 4) is 5.75 Å². The number of alkyl halides is 1. The van der Waals surface area contributed by atoms with Crippen LogP contribution in [0.15, 0.2) is 18.2 Å². The minimum Gasteiger partial charge on any atom is -0.488 e. The Labute approximate surface area is 116 Å². The molecular formula is C14H19BrFNO. The zero-order chi connectivity index (χ0) is 12.8. The van der Waals surface area contributed by atoms with Crippen LogP contribution in [0.5, 0.6) is 5.75 Å². The normalized spacial score (nSPS) is 17.6. The number of hydrogen-bond acceptors (Lipinski definition) is 2. The van der Waals surface area contributed by atoms with Crippen LogP contribution in [-0.4, -0.2) is 24.5 Å². The van der Waals surface area contributed by atoms with Crippen LogP contribution in [0.4, 0.5) is 4.39 Å². The van der Waals surface area contributed by atoms with Crippen molar-refractivity contribution in [1.29, 1.82) is 0 Å². The van der Waals surface area contributed by atoms with Crippen LogP contribution in [-0.2, 0) is 6.42 Å². The fourth-order valence-corrected chi connectivity index (χ4v) is 2.58. The van der Waals surface area contributed by atoms with Gasteiger partial charge in [0, 0.05) is 23.9 Å². The molecule has 0 saturated heterocycles. The standard InChI is InChI=1S/C14H19BrFNO/c15-6-2-1-3-7-17-10-13-9-11-8-12(16)4-5-14(11)18-13/h4-5,8,13,17H,1-3,6-7,9-10H2. The lowest BCUT2D eigenvalue weighted by molar-refractivity contribution is 0.227. The summed E-state index contributed by atoms with van der Waals surface area (Å²) < 4.78 is 18.8. The highest BCUT2D eigenvalue weighted by Gasteiger charge is 2.22. The summed E-state index contributed by atoms with van der Waals surface area (Å²) >= 11 is 3.42. The highest BCUT2D eigenvalue weighted by Crippen LogP contribution is 2.28. The zero-order valence-electron chi connectivity index (χ0n) is 10.4. The Morgan fingerprint density at radius 1 is 1.33 bits per heavy atom. The van der Waals surface area contributed by atoms with E-state index in [1.807, 2.05) is 0 Å². The summed E-state index contributed by atoms with van der Waals surface area (Å²) in [5, 5.41) is 4.48. The van der Waals surface area contributed by atoms with Crippen molar-refractivity contribution in [3.63, 3.8) is 0 Å². The summed E-state index contributed by atoms with van der Waals surface area (Å²) in [6, 6.07) is 4.75. The van der Waals surface area contributed by atoms with E-state index in [1.165, 1.54) is 25.3 Å². The van der Waals surface area contributed by atoms with Crippen molar-refractivity contribution in [2.45, 2.75) is 31.8 Å². The first kappa shape index (κ1) is 13.8. The fourth-order valence-electron chi connectivity index (χ4n) is 2.19. The first-order valence-electron chi connectivity index (χ1n) is 6.51. The van der Waals surface area contributed by atoms with Crippen molar-refractivity contribution >= 4 is 15.9 Å². The monoisotopic (exact) mass is 315 g/mol. The van der Waals surface area contributed by atoms with Crippen LogP contribution in [0.25, 0.3) is 0 Å². The molecule has 0 spiro atoms. The molecule has 0 bridgehead atoms. The van der Waals surface area contributed by atoms with Gasteiger partial charge in [0.15, 0.2) is 0 Å². The van der Waals surface area contributed by atoms with E-state index in [4.69, 9.17) is 4.74 Å². The van der Waals surface area contributed by atoms with Gasteiger partial charge in [-0.15, -0.1) is 0 Å². The highest BCUT2D eigenvalue weighted by molar-refractivity contribution is 9.09. The molecule has 0 amide bonds. The SMILES string of the molecule is Fc1ccc2c(c1)CC(CNCCCCCBr)O2. The molecule has 1 N–H and O–H groups in total. The molecule has 0 radical (unpaired) electrons. The molecule has 0 fully saturated rings. The van der Waals surface area contributed by atoms with Gasteiger partial charge >= 0.3 is 0 Å². The predicted molar refractivity (Wildman–Crippen MR) is 75.0 cm³/mol. The number of halogens is 2. The van der Waals surface area contributed by atoms with Gasteiger partial charge in [-0.2, -0.15) is 0 Å². The number of rotatable bonds is 7. The fraction of sp³-hybridized carbons (Fsp3) is 0.571. The molecule has 1 aromatic rings. The Kier molecular flexibility index (Phi) is 5.45. The third-order valence-electron chi connectivity index (χ3n) is 3.12. The molecule has 0 saturated carbocycles. The van der Waals surface area contributed by atoms with E-state index in [-0.39, 0.29) is 11.9 Å². The third-order valence-corrected chi connectivity index (χ3v) is 3.68. The Hall–Kier alpha value is -0.610. The van der Waals surface area contributed by atoms with E-state index in [1.54, 1.807) is 12.1 Å². The first-order chi connectivity index (χ1) is 8.79. The van der Waals surface area contributed by atoms with E-state index < -0.39 is 0 Å². The predicted octanol–water partition coefficient (Wildman–Crippen LogP) is 3.28. The molecule has 1 atom stereocenters. The lowest BCUT2D eigenvalue weighted by atomic mass is 10.1. The van der Waals surface area contributed by atoms with Gasteiger partial charge in [-0.25, -0.2) is 4.39 Å². The van der Waals surface area contributed by atoms with E-state index in [0.717, 1.165) is 36.2 Å². The van der Waals surface area contributed by atoms with Gasteiger partial charge in [-0.05, 0) is 37.6 Å². The van der Waals surface area contributed by atoms with Crippen molar-refractivity contribution in [3.05, 3.63) is 29.6 Å². The molecule has 1 heterocycles. The summed E-state index contributed by atoms with van der Waals surface area (Å²) in [6.07, 6.45) is 4.63. The van der Waals surface area contributed by atoms with Gasteiger partial charge in [0.2, 0.25) is 0 Å². The number of ether oxygens (including phenoxy) is 1. The third kappa shape index (κ3) is 3.95. The summed E-state index contributed by atoms with van der Waals surface area (Å²) in [5.74, 6) is 0.656. The number of benzene rings is 1. The van der Waals surface area contributed by atoms with Gasteiger partial charge in [0.1, 0.15) is 17.7 Å². The lowest BCUT2D eigenvalue weighted by Crippen LogP contribution is -2.30. The molecule has 18 heavy (non-hydrogen) atoms. The summed E-state index contributed by atoms with van der Waals surface area (Å²) in [6.45, 7) is 1.86. The second kappa shape index (κ2) is 7.10. The van der Waals surface area contributed by atoms with E-state index >= 15 is 0 Å². The number of unbranched alkanes of at least 4 members (excludes halogenated alkanes) is 2. The van der Waals surface area contributed by atoms with Crippen molar-refractivity contribution in [2.24, 2.45) is 0 Å². The van der Waals surface area contributed by atoms with Crippen LogP contribution < -0.4 is 10.1 Å². The molecule has 0 aliphatic carbocycles. The maximum absolute atomic E-state index is 13.0. The van der Waals surface area contributed by atoms with Gasteiger partial charge in [-0.1, -0.05) is 22.4 Å². The molecule has 4 heteroatoms. The second-order valence-electron chi connectivity index (χ2n) is 4.65. The summed E-state index contributed by atoms with van der Waals surface area (Å²) in [5.41, 5.74) is 0.987. The topological polar surface area (TPSA) is 21.3 Å². The molecule has 2 rings (SSSR count). The Balaban J connectivity index is 1.65. The van der Waals surface area contributed by atoms with Gasteiger partial charge < -0.3 is 10.1 Å². The number of fused-ring (bicyclic) bond motifs is 1. The van der Waals surface area contributed by atoms with Crippen LogP contribution in [0, 0.1) is 5.82 Å². The Morgan fingerprint density at radius 3 is 3.06 bits per heavy atom. The average molecular weight is 316 g/mol. The maximum Gasteiger partial charge on any atom is 0.123 e. The number of nitrogens with one attached hydrogen (secondary N) is 1. The minimum atomic E-state index is -0.180. The summed E-state index contributed by atoms with van der Waals surface area (Å²) in [4.78, 5) is 0. The molecular weight excluding hydrogens is 297 g/mol. The van der Waals surface area contributed by atoms with Gasteiger partial charge in [0.05, 0.1) is 0 Å². The second-order valence-corrected chi connectivity index (χ2v) is 5.44. The van der Waals surface area contributed by atoms with Gasteiger partial charge in [-0.3, -0.25) is 0 Å². The minimum absolute atomic E-state index is 0.151. The average Bonchev–Trinajstić information content (AvgIpc) is 2.75. The van der Waals surface area contributed by atoms with Gasteiger partial charge in [0.25, 0.3) is 0 Å². The van der Waals surface area contributed by atoms with E-state index in [2.05, 4.69) is 21.2 Å². The molecule has 1 aliphatic heterocycles. The molecule has 1 unspecified atom stereocenters. The molecule has 1 aromatic carbocycles. The van der Waals surface area contributed by atoms with E-state index in [9.17, 15) is 4.39 Å². The van der Waals surface area contributed by atoms with Crippen LogP contribution >= 0.6 is 15.9 Å². The lowest BCUT2D eigenvalue weighted by Gasteiger charge is -2.11. The zero-order valence-corrected chi connectivity index (χ0v) is 12.0. The first-order valence-corrected chi connectivity index (χ1v) is 7.63.